The van der Waals surface area contributed by atoms with Crippen LogP contribution in [0.3, 0.4) is 0 Å². The van der Waals surface area contributed by atoms with Crippen molar-refractivity contribution >= 4 is 29.1 Å². The molecule has 0 aromatic heterocycles. The van der Waals surface area contributed by atoms with Gasteiger partial charge in [-0.05, 0) is 55.3 Å². The normalized spacial score (nSPS) is 12.6. The Bertz CT molecular complexity index is 847. The average molecular weight is 373 g/mol. The molecule has 5 nitrogen and oxygen atoms in total. The van der Waals surface area contributed by atoms with Gasteiger partial charge in [-0.3, -0.25) is 9.59 Å². The molecular weight excluding hydrogens is 352 g/mol. The Labute approximate surface area is 157 Å². The molecule has 2 amide bonds. The van der Waals surface area contributed by atoms with E-state index in [1.54, 1.807) is 29.2 Å². The van der Waals surface area contributed by atoms with Crippen LogP contribution in [0.4, 0.5) is 5.69 Å². The molecule has 0 saturated heterocycles. The molecule has 0 unspecified atom stereocenters. The number of benzene rings is 2. The molecule has 136 valence electrons. The van der Waals surface area contributed by atoms with Gasteiger partial charge in [0.1, 0.15) is 0 Å². The molecular formula is C20H21ClN2O3. The van der Waals surface area contributed by atoms with Gasteiger partial charge in [-0.25, -0.2) is 0 Å². The van der Waals surface area contributed by atoms with E-state index in [1.165, 1.54) is 0 Å². The summed E-state index contributed by atoms with van der Waals surface area (Å²) in [5.41, 5.74) is 3.70. The van der Waals surface area contributed by atoms with Crippen molar-refractivity contribution in [3.63, 3.8) is 0 Å². The number of amides is 2. The molecule has 2 aromatic rings. The molecule has 0 radical (unpaired) electrons. The van der Waals surface area contributed by atoms with Crippen LogP contribution in [0, 0.1) is 0 Å². The molecule has 26 heavy (non-hydrogen) atoms. The van der Waals surface area contributed by atoms with E-state index in [0.717, 1.165) is 11.1 Å². The fourth-order valence-electron chi connectivity index (χ4n) is 2.96. The topological polar surface area (TPSA) is 58.6 Å². The van der Waals surface area contributed by atoms with Gasteiger partial charge in [0.15, 0.2) is 0 Å². The van der Waals surface area contributed by atoms with Gasteiger partial charge >= 0.3 is 0 Å². The van der Waals surface area contributed by atoms with Crippen molar-refractivity contribution in [3.05, 3.63) is 63.7 Å². The van der Waals surface area contributed by atoms with Crippen molar-refractivity contribution in [2.24, 2.45) is 0 Å². The lowest BCUT2D eigenvalue weighted by molar-refractivity contribution is 0.0773. The molecule has 1 aliphatic heterocycles. The molecule has 0 aliphatic carbocycles. The number of nitrogens with one attached hydrogen (secondary N) is 1. The summed E-state index contributed by atoms with van der Waals surface area (Å²) in [6, 6.07) is 10.5. The minimum absolute atomic E-state index is 0.114. The minimum atomic E-state index is -0.224. The summed E-state index contributed by atoms with van der Waals surface area (Å²) in [5.74, 6) is -0.338. The van der Waals surface area contributed by atoms with Gasteiger partial charge in [-0.15, -0.1) is 0 Å². The molecule has 0 atom stereocenters. The van der Waals surface area contributed by atoms with E-state index in [2.05, 4.69) is 5.32 Å². The predicted octanol–water partition coefficient (Wildman–Crippen LogP) is 4.10. The molecule has 6 heteroatoms. The fraction of sp³-hybridized carbons (Fsp3) is 0.300. The van der Waals surface area contributed by atoms with Crippen molar-refractivity contribution in [1.82, 2.24) is 4.90 Å². The highest BCUT2D eigenvalue weighted by molar-refractivity contribution is 6.34. The van der Waals surface area contributed by atoms with E-state index in [0.29, 0.717) is 48.1 Å². The number of carbonyl (C=O) groups excluding carboxylic acids is 2. The van der Waals surface area contributed by atoms with Gasteiger partial charge in [-0.2, -0.15) is 0 Å². The third kappa shape index (κ3) is 3.74. The number of carbonyl (C=O) groups is 2. The summed E-state index contributed by atoms with van der Waals surface area (Å²) in [6.45, 7) is 6.20. The third-order valence-corrected chi connectivity index (χ3v) is 4.80. The van der Waals surface area contributed by atoms with Crippen LogP contribution in [0.15, 0.2) is 36.4 Å². The number of nitrogens with zero attached hydrogens (tertiary/aromatic N) is 1. The second-order valence-electron chi connectivity index (χ2n) is 6.10. The predicted molar refractivity (Wildman–Crippen MR) is 102 cm³/mol. The van der Waals surface area contributed by atoms with Gasteiger partial charge in [0, 0.05) is 24.3 Å². The van der Waals surface area contributed by atoms with Crippen molar-refractivity contribution in [2.75, 3.05) is 18.4 Å². The van der Waals surface area contributed by atoms with Gasteiger partial charge in [0.05, 0.1) is 23.8 Å². The largest absolute Gasteiger partial charge is 0.372 e. The Kier molecular flexibility index (Phi) is 5.59. The first kappa shape index (κ1) is 18.4. The SMILES string of the molecule is CCN(CC)C(=O)c1ccc(NC(=O)c2ccc3c(c2)COC3)cc1Cl. The molecule has 0 fully saturated rings. The quantitative estimate of drug-likeness (QED) is 0.859. The van der Waals surface area contributed by atoms with Crippen LogP contribution in [0.2, 0.25) is 5.02 Å². The average Bonchev–Trinajstić information content (AvgIpc) is 3.10. The number of hydrogen-bond acceptors (Lipinski definition) is 3. The van der Waals surface area contributed by atoms with Gasteiger partial charge in [0.2, 0.25) is 0 Å². The van der Waals surface area contributed by atoms with Crippen LogP contribution < -0.4 is 5.32 Å². The van der Waals surface area contributed by atoms with Gasteiger partial charge < -0.3 is 15.0 Å². The van der Waals surface area contributed by atoms with E-state index in [-0.39, 0.29) is 11.8 Å². The lowest BCUT2D eigenvalue weighted by atomic mass is 10.1. The van der Waals surface area contributed by atoms with E-state index in [9.17, 15) is 9.59 Å². The van der Waals surface area contributed by atoms with Gasteiger partial charge in [-0.1, -0.05) is 17.7 Å². The summed E-state index contributed by atoms with van der Waals surface area (Å²) in [6.07, 6.45) is 0. The summed E-state index contributed by atoms with van der Waals surface area (Å²) in [4.78, 5) is 26.6. The summed E-state index contributed by atoms with van der Waals surface area (Å²) in [7, 11) is 0. The zero-order valence-electron chi connectivity index (χ0n) is 14.8. The number of halogens is 1. The maximum Gasteiger partial charge on any atom is 0.255 e. The number of ether oxygens (including phenoxy) is 1. The Morgan fingerprint density at radius 3 is 2.50 bits per heavy atom. The number of hydrogen-bond donors (Lipinski definition) is 1. The lowest BCUT2D eigenvalue weighted by Gasteiger charge is -2.19. The van der Waals surface area contributed by atoms with Crippen LogP contribution in [0.1, 0.15) is 45.7 Å². The number of rotatable bonds is 5. The van der Waals surface area contributed by atoms with E-state index >= 15 is 0 Å². The number of fused-ring (bicyclic) bond motifs is 1. The summed E-state index contributed by atoms with van der Waals surface area (Å²) >= 11 is 6.27. The van der Waals surface area contributed by atoms with Crippen molar-refractivity contribution in [1.29, 1.82) is 0 Å². The Balaban J connectivity index is 1.75. The first-order valence-corrected chi connectivity index (χ1v) is 9.01. The first-order chi connectivity index (χ1) is 12.5. The molecule has 3 rings (SSSR count). The molecule has 2 aromatic carbocycles. The highest BCUT2D eigenvalue weighted by Gasteiger charge is 2.18. The van der Waals surface area contributed by atoms with Crippen LogP contribution >= 0.6 is 11.6 Å². The Morgan fingerprint density at radius 2 is 1.81 bits per heavy atom. The molecule has 1 aliphatic rings. The minimum Gasteiger partial charge on any atom is -0.372 e. The van der Waals surface area contributed by atoms with Crippen molar-refractivity contribution < 1.29 is 14.3 Å². The summed E-state index contributed by atoms with van der Waals surface area (Å²) < 4.78 is 5.37. The monoisotopic (exact) mass is 372 g/mol. The van der Waals surface area contributed by atoms with Crippen LogP contribution in [-0.2, 0) is 18.0 Å². The van der Waals surface area contributed by atoms with E-state index < -0.39 is 0 Å². The standard InChI is InChI=1S/C20H21ClN2O3/c1-3-23(4-2)20(25)17-8-7-16(10-18(17)21)22-19(24)13-5-6-14-11-26-12-15(14)9-13/h5-10H,3-4,11-12H2,1-2H3,(H,22,24). The third-order valence-electron chi connectivity index (χ3n) is 4.49. The molecule has 1 N–H and O–H groups in total. The smallest absolute Gasteiger partial charge is 0.255 e. The Morgan fingerprint density at radius 1 is 1.08 bits per heavy atom. The van der Waals surface area contributed by atoms with Crippen molar-refractivity contribution in [3.8, 4) is 0 Å². The van der Waals surface area contributed by atoms with Crippen LogP contribution in [-0.4, -0.2) is 29.8 Å². The van der Waals surface area contributed by atoms with Crippen LogP contribution in [0.25, 0.3) is 0 Å². The molecule has 0 spiro atoms. The highest BCUT2D eigenvalue weighted by atomic mass is 35.5. The highest BCUT2D eigenvalue weighted by Crippen LogP contribution is 2.24. The maximum atomic E-state index is 12.5. The van der Waals surface area contributed by atoms with E-state index in [4.69, 9.17) is 16.3 Å². The summed E-state index contributed by atoms with van der Waals surface area (Å²) in [5, 5.41) is 3.15. The number of anilines is 1. The van der Waals surface area contributed by atoms with Crippen molar-refractivity contribution in [2.45, 2.75) is 27.1 Å². The zero-order valence-corrected chi connectivity index (χ0v) is 15.6. The van der Waals surface area contributed by atoms with Crippen LogP contribution in [0.5, 0.6) is 0 Å². The maximum absolute atomic E-state index is 12.5. The fourth-order valence-corrected chi connectivity index (χ4v) is 3.23. The first-order valence-electron chi connectivity index (χ1n) is 8.63. The second-order valence-corrected chi connectivity index (χ2v) is 6.51. The zero-order chi connectivity index (χ0) is 18.7. The Hall–Kier alpha value is -2.37. The second kappa shape index (κ2) is 7.89. The van der Waals surface area contributed by atoms with Gasteiger partial charge in [0.25, 0.3) is 11.8 Å². The molecule has 0 saturated carbocycles. The molecule has 1 heterocycles. The molecule has 0 bridgehead atoms. The lowest BCUT2D eigenvalue weighted by Crippen LogP contribution is -2.30. The van der Waals surface area contributed by atoms with E-state index in [1.807, 2.05) is 26.0 Å².